The minimum absolute atomic E-state index is 0.210. The summed E-state index contributed by atoms with van der Waals surface area (Å²) >= 11 is 0. The Kier molecular flexibility index (Phi) is 6.36. The van der Waals surface area contributed by atoms with Crippen LogP contribution < -0.4 is 24.3 Å². The first kappa shape index (κ1) is 20.9. The van der Waals surface area contributed by atoms with Crippen LogP contribution in [0.15, 0.2) is 42.5 Å². The first-order valence-corrected chi connectivity index (χ1v) is 9.16. The fraction of sp³-hybridized carbons (Fsp3) is 0.227. The Hall–Kier alpha value is -3.81. The van der Waals surface area contributed by atoms with Gasteiger partial charge in [0.2, 0.25) is 5.75 Å². The molecule has 3 aromatic rings. The molecule has 0 aliphatic rings. The molecule has 0 saturated carbocycles. The van der Waals surface area contributed by atoms with E-state index in [0.717, 1.165) is 0 Å². The van der Waals surface area contributed by atoms with Crippen molar-refractivity contribution in [2.24, 2.45) is 0 Å². The molecule has 0 bridgehead atoms. The van der Waals surface area contributed by atoms with Crippen molar-refractivity contribution >= 4 is 11.6 Å². The van der Waals surface area contributed by atoms with Gasteiger partial charge in [0, 0.05) is 5.56 Å². The van der Waals surface area contributed by atoms with Crippen molar-refractivity contribution in [3.63, 3.8) is 0 Å². The van der Waals surface area contributed by atoms with Crippen LogP contribution in [0, 0.1) is 13.8 Å². The largest absolute Gasteiger partial charge is 0.493 e. The van der Waals surface area contributed by atoms with E-state index in [1.165, 1.54) is 21.3 Å². The Bertz CT molecular complexity index is 1010. The Labute approximate surface area is 174 Å². The highest BCUT2D eigenvalue weighted by Gasteiger charge is 2.19. The van der Waals surface area contributed by atoms with Crippen molar-refractivity contribution < 1.29 is 23.7 Å². The number of ether oxygens (including phenoxy) is 4. The van der Waals surface area contributed by atoms with Crippen molar-refractivity contribution in [1.82, 2.24) is 9.97 Å². The number of para-hydroxylation sites is 1. The van der Waals surface area contributed by atoms with Crippen molar-refractivity contribution in [1.29, 1.82) is 0 Å². The van der Waals surface area contributed by atoms with Gasteiger partial charge in [-0.15, -0.1) is 0 Å². The lowest BCUT2D eigenvalue weighted by atomic mass is 10.1. The van der Waals surface area contributed by atoms with Crippen LogP contribution in [-0.4, -0.2) is 37.2 Å². The molecule has 30 heavy (non-hydrogen) atoms. The minimum atomic E-state index is -0.360. The normalized spacial score (nSPS) is 10.3. The Morgan fingerprint density at radius 3 is 1.93 bits per heavy atom. The maximum atomic E-state index is 12.9. The number of benzene rings is 2. The lowest BCUT2D eigenvalue weighted by molar-refractivity contribution is 0.102. The number of aromatic nitrogens is 2. The van der Waals surface area contributed by atoms with Crippen LogP contribution in [0.1, 0.15) is 21.7 Å². The number of carbonyl (C=O) groups excluding carboxylic acids is 1. The van der Waals surface area contributed by atoms with Gasteiger partial charge in [0.15, 0.2) is 11.5 Å². The van der Waals surface area contributed by atoms with Crippen molar-refractivity contribution in [2.75, 3.05) is 26.6 Å². The number of anilines is 1. The number of nitrogens with zero attached hydrogens (tertiary/aromatic N) is 2. The Balaban J connectivity index is 1.86. The van der Waals surface area contributed by atoms with Crippen LogP contribution in [0.5, 0.6) is 29.0 Å². The molecule has 8 nitrogen and oxygen atoms in total. The van der Waals surface area contributed by atoms with Gasteiger partial charge in [-0.1, -0.05) is 18.2 Å². The molecule has 0 atom stereocenters. The zero-order valence-corrected chi connectivity index (χ0v) is 17.5. The van der Waals surface area contributed by atoms with Gasteiger partial charge in [-0.25, -0.2) is 0 Å². The van der Waals surface area contributed by atoms with Crippen molar-refractivity contribution in [2.45, 2.75) is 13.8 Å². The summed E-state index contributed by atoms with van der Waals surface area (Å²) < 4.78 is 21.6. The van der Waals surface area contributed by atoms with Gasteiger partial charge >= 0.3 is 6.01 Å². The van der Waals surface area contributed by atoms with Crippen LogP contribution in [0.25, 0.3) is 0 Å². The second-order valence-corrected chi connectivity index (χ2v) is 6.34. The predicted molar refractivity (Wildman–Crippen MR) is 112 cm³/mol. The van der Waals surface area contributed by atoms with Gasteiger partial charge in [0.1, 0.15) is 5.75 Å². The lowest BCUT2D eigenvalue weighted by Crippen LogP contribution is -2.16. The summed E-state index contributed by atoms with van der Waals surface area (Å²) in [6.07, 6.45) is 0. The molecule has 0 aliphatic carbocycles. The molecule has 1 amide bonds. The summed E-state index contributed by atoms with van der Waals surface area (Å²) in [6, 6.07) is 12.6. The number of hydrogen-bond acceptors (Lipinski definition) is 7. The Morgan fingerprint density at radius 2 is 1.43 bits per heavy atom. The fourth-order valence-corrected chi connectivity index (χ4v) is 2.90. The summed E-state index contributed by atoms with van der Waals surface area (Å²) in [5.74, 6) is 1.46. The smallest absolute Gasteiger partial charge is 0.322 e. The molecule has 0 fully saturated rings. The molecule has 0 spiro atoms. The van der Waals surface area contributed by atoms with Crippen LogP contribution >= 0.6 is 0 Å². The van der Waals surface area contributed by atoms with Gasteiger partial charge in [-0.2, -0.15) is 9.97 Å². The Morgan fingerprint density at radius 1 is 0.867 bits per heavy atom. The third-order valence-corrected chi connectivity index (χ3v) is 4.37. The molecule has 1 aromatic heterocycles. The van der Waals surface area contributed by atoms with Crippen molar-refractivity contribution in [3.05, 3.63) is 59.4 Å². The van der Waals surface area contributed by atoms with E-state index in [4.69, 9.17) is 18.9 Å². The second kappa shape index (κ2) is 9.13. The van der Waals surface area contributed by atoms with Gasteiger partial charge in [-0.05, 0) is 38.1 Å². The van der Waals surface area contributed by atoms with Crippen LogP contribution in [0.4, 0.5) is 5.69 Å². The monoisotopic (exact) mass is 409 g/mol. The highest BCUT2D eigenvalue weighted by molar-refractivity contribution is 6.05. The number of amides is 1. The molecular formula is C22H23N3O5. The van der Waals surface area contributed by atoms with Crippen molar-refractivity contribution in [3.8, 4) is 29.0 Å². The van der Waals surface area contributed by atoms with Crippen LogP contribution in [-0.2, 0) is 0 Å². The lowest BCUT2D eigenvalue weighted by Gasteiger charge is -2.15. The number of carbonyl (C=O) groups is 1. The predicted octanol–water partition coefficient (Wildman–Crippen LogP) is 4.16. The van der Waals surface area contributed by atoms with Crippen LogP contribution in [0.3, 0.4) is 0 Å². The minimum Gasteiger partial charge on any atom is -0.493 e. The number of methoxy groups -OCH3 is 3. The fourth-order valence-electron chi connectivity index (χ4n) is 2.90. The summed E-state index contributed by atoms with van der Waals surface area (Å²) in [5, 5.41) is 2.85. The highest BCUT2D eigenvalue weighted by Crippen LogP contribution is 2.38. The summed E-state index contributed by atoms with van der Waals surface area (Å²) in [7, 11) is 4.49. The van der Waals surface area contributed by atoms with E-state index in [2.05, 4.69) is 15.3 Å². The zero-order chi connectivity index (χ0) is 21.7. The number of nitrogens with one attached hydrogen (secondary N) is 1. The van der Waals surface area contributed by atoms with Gasteiger partial charge in [-0.3, -0.25) is 4.79 Å². The SMILES string of the molecule is COc1cc(C(=O)Nc2c(C)nc(Oc3ccccc3)nc2C)cc(OC)c1OC. The molecule has 8 heteroatoms. The average molecular weight is 409 g/mol. The quantitative estimate of drug-likeness (QED) is 0.626. The van der Waals surface area contributed by atoms with E-state index < -0.39 is 0 Å². The molecule has 2 aromatic carbocycles. The molecular weight excluding hydrogens is 386 g/mol. The molecule has 0 saturated heterocycles. The number of hydrogen-bond donors (Lipinski definition) is 1. The van der Waals surface area contributed by atoms with E-state index in [-0.39, 0.29) is 11.9 Å². The maximum absolute atomic E-state index is 12.9. The van der Waals surface area contributed by atoms with E-state index in [9.17, 15) is 4.79 Å². The summed E-state index contributed by atoms with van der Waals surface area (Å²) in [4.78, 5) is 21.6. The molecule has 0 radical (unpaired) electrons. The topological polar surface area (TPSA) is 91.8 Å². The standard InChI is InChI=1S/C22H23N3O5/c1-13-19(14(2)24-22(23-13)30-16-9-7-6-8-10-16)25-21(26)15-11-17(27-3)20(29-5)18(12-15)28-4/h6-12H,1-5H3,(H,25,26). The van der Waals surface area contributed by atoms with E-state index in [1.54, 1.807) is 26.0 Å². The first-order chi connectivity index (χ1) is 14.5. The van der Waals surface area contributed by atoms with Crippen LogP contribution in [0.2, 0.25) is 0 Å². The van der Waals surface area contributed by atoms with E-state index in [0.29, 0.717) is 45.6 Å². The van der Waals surface area contributed by atoms with Gasteiger partial charge < -0.3 is 24.3 Å². The molecule has 3 rings (SSSR count). The third-order valence-electron chi connectivity index (χ3n) is 4.37. The summed E-state index contributed by atoms with van der Waals surface area (Å²) in [6.45, 7) is 3.55. The van der Waals surface area contributed by atoms with Gasteiger partial charge in [0.05, 0.1) is 38.4 Å². The zero-order valence-electron chi connectivity index (χ0n) is 17.5. The summed E-state index contributed by atoms with van der Waals surface area (Å²) in [5.41, 5.74) is 2.01. The molecule has 1 heterocycles. The molecule has 156 valence electrons. The van der Waals surface area contributed by atoms with E-state index >= 15 is 0 Å². The number of rotatable bonds is 7. The first-order valence-electron chi connectivity index (χ1n) is 9.16. The molecule has 0 aliphatic heterocycles. The molecule has 1 N–H and O–H groups in total. The molecule has 0 unspecified atom stereocenters. The van der Waals surface area contributed by atoms with Gasteiger partial charge in [0.25, 0.3) is 5.91 Å². The van der Waals surface area contributed by atoms with E-state index in [1.807, 2.05) is 30.3 Å². The highest BCUT2D eigenvalue weighted by atomic mass is 16.5. The maximum Gasteiger partial charge on any atom is 0.322 e. The third kappa shape index (κ3) is 4.43. The average Bonchev–Trinajstić information content (AvgIpc) is 2.75. The number of aryl methyl sites for hydroxylation is 2. The second-order valence-electron chi connectivity index (χ2n) is 6.34.